The molecule has 0 saturated heterocycles. The minimum Gasteiger partial charge on any atom is -0.505 e. The number of phenolic OH excluding ortho intramolecular Hbond substituents is 1. The molecule has 104 valence electrons. The van der Waals surface area contributed by atoms with E-state index in [1.807, 2.05) is 0 Å². The minimum absolute atomic E-state index is 0.0322. The number of hydrogen-bond donors (Lipinski definition) is 3. The first-order valence-corrected chi connectivity index (χ1v) is 6.54. The maximum atomic E-state index is 12.2. The Balaban J connectivity index is 2.31. The number of carbonyl (C=O) groups is 1. The molecule has 2 rings (SSSR count). The number of aromatic hydroxyl groups is 1. The van der Waals surface area contributed by atoms with Crippen LogP contribution in [0.2, 0.25) is 0 Å². The highest BCUT2D eigenvalue weighted by Crippen LogP contribution is 2.32. The predicted octanol–water partition coefficient (Wildman–Crippen LogP) is 3.00. The number of nitrogens with two attached hydrogens (primary N) is 1. The highest BCUT2D eigenvalue weighted by atomic mass is 79.9. The zero-order chi connectivity index (χ0) is 14.7. The number of amides is 1. The van der Waals surface area contributed by atoms with Crippen molar-refractivity contribution in [1.82, 2.24) is 0 Å². The second-order valence-corrected chi connectivity index (χ2v) is 4.90. The van der Waals surface area contributed by atoms with E-state index in [-0.39, 0.29) is 5.75 Å². The summed E-state index contributed by atoms with van der Waals surface area (Å²) in [6.07, 6.45) is 0. The summed E-state index contributed by atoms with van der Waals surface area (Å²) >= 11 is 3.19. The summed E-state index contributed by atoms with van der Waals surface area (Å²) < 4.78 is 5.63. The number of anilines is 2. The lowest BCUT2D eigenvalue weighted by Gasteiger charge is -2.11. The Morgan fingerprint density at radius 3 is 2.80 bits per heavy atom. The lowest BCUT2D eigenvalue weighted by atomic mass is 10.1. The average molecular weight is 337 g/mol. The third-order valence-corrected chi connectivity index (χ3v) is 3.35. The summed E-state index contributed by atoms with van der Waals surface area (Å²) in [5, 5.41) is 12.5. The number of hydrogen-bond acceptors (Lipinski definition) is 4. The normalized spacial score (nSPS) is 10.1. The topological polar surface area (TPSA) is 84.6 Å². The molecule has 0 aromatic heterocycles. The predicted molar refractivity (Wildman–Crippen MR) is 81.2 cm³/mol. The van der Waals surface area contributed by atoms with E-state index in [4.69, 9.17) is 10.5 Å². The zero-order valence-electron chi connectivity index (χ0n) is 10.7. The fraction of sp³-hybridized carbons (Fsp3) is 0.0714. The van der Waals surface area contributed by atoms with Crippen molar-refractivity contribution < 1.29 is 14.6 Å². The standard InChI is InChI=1S/C14H13BrN2O3/c1-20-12-7-8(16)5-6-9(12)14(19)17-11-4-2-3-10(15)13(11)18/h2-7,18H,16H2,1H3,(H,17,19). The molecule has 2 aromatic rings. The lowest BCUT2D eigenvalue weighted by Crippen LogP contribution is -2.13. The number of para-hydroxylation sites is 1. The summed E-state index contributed by atoms with van der Waals surface area (Å²) in [4.78, 5) is 12.2. The van der Waals surface area contributed by atoms with Crippen molar-refractivity contribution in [3.05, 3.63) is 46.4 Å². The van der Waals surface area contributed by atoms with Crippen LogP contribution in [-0.4, -0.2) is 18.1 Å². The van der Waals surface area contributed by atoms with Crippen molar-refractivity contribution in [2.45, 2.75) is 0 Å². The second-order valence-electron chi connectivity index (χ2n) is 4.05. The van der Waals surface area contributed by atoms with Gasteiger partial charge in [0.1, 0.15) is 5.75 Å². The van der Waals surface area contributed by atoms with Gasteiger partial charge < -0.3 is 20.9 Å². The van der Waals surface area contributed by atoms with Gasteiger partial charge in [-0.05, 0) is 40.2 Å². The maximum absolute atomic E-state index is 12.2. The van der Waals surface area contributed by atoms with Gasteiger partial charge in [0.15, 0.2) is 5.75 Å². The van der Waals surface area contributed by atoms with Crippen molar-refractivity contribution in [1.29, 1.82) is 0 Å². The largest absolute Gasteiger partial charge is 0.505 e. The molecule has 5 nitrogen and oxygen atoms in total. The Bertz CT molecular complexity index is 659. The summed E-state index contributed by atoms with van der Waals surface area (Å²) in [6, 6.07) is 9.72. The highest BCUT2D eigenvalue weighted by molar-refractivity contribution is 9.10. The Morgan fingerprint density at radius 2 is 2.10 bits per heavy atom. The molecular weight excluding hydrogens is 324 g/mol. The van der Waals surface area contributed by atoms with E-state index in [1.165, 1.54) is 7.11 Å². The van der Waals surface area contributed by atoms with E-state index in [0.29, 0.717) is 27.2 Å². The molecule has 0 bridgehead atoms. The number of ether oxygens (including phenoxy) is 1. The third kappa shape index (κ3) is 2.85. The highest BCUT2D eigenvalue weighted by Gasteiger charge is 2.15. The van der Waals surface area contributed by atoms with Crippen LogP contribution < -0.4 is 15.8 Å². The second kappa shape index (κ2) is 5.83. The van der Waals surface area contributed by atoms with Crippen molar-refractivity contribution in [3.63, 3.8) is 0 Å². The van der Waals surface area contributed by atoms with Crippen LogP contribution in [0.4, 0.5) is 11.4 Å². The first-order chi connectivity index (χ1) is 9.52. The molecule has 0 fully saturated rings. The number of phenols is 1. The molecule has 0 atom stereocenters. The minimum atomic E-state index is -0.393. The van der Waals surface area contributed by atoms with Gasteiger partial charge in [0.25, 0.3) is 5.91 Å². The van der Waals surface area contributed by atoms with Gasteiger partial charge in [-0.1, -0.05) is 6.07 Å². The molecule has 20 heavy (non-hydrogen) atoms. The maximum Gasteiger partial charge on any atom is 0.259 e. The van der Waals surface area contributed by atoms with Gasteiger partial charge in [-0.15, -0.1) is 0 Å². The Labute approximate surface area is 124 Å². The van der Waals surface area contributed by atoms with Crippen LogP contribution in [0.5, 0.6) is 11.5 Å². The summed E-state index contributed by atoms with van der Waals surface area (Å²) in [6.45, 7) is 0. The molecule has 0 heterocycles. The third-order valence-electron chi connectivity index (χ3n) is 2.71. The first kappa shape index (κ1) is 14.2. The van der Waals surface area contributed by atoms with Crippen LogP contribution in [0.25, 0.3) is 0 Å². The van der Waals surface area contributed by atoms with Crippen LogP contribution in [0.1, 0.15) is 10.4 Å². The van der Waals surface area contributed by atoms with Gasteiger partial charge in [-0.2, -0.15) is 0 Å². The number of nitrogens with one attached hydrogen (secondary N) is 1. The molecule has 0 aliphatic heterocycles. The van der Waals surface area contributed by atoms with Gasteiger partial charge >= 0.3 is 0 Å². The van der Waals surface area contributed by atoms with E-state index in [0.717, 1.165) is 0 Å². The molecule has 0 spiro atoms. The molecule has 0 unspecified atom stereocenters. The molecular formula is C14H13BrN2O3. The molecule has 0 saturated carbocycles. The van der Waals surface area contributed by atoms with Gasteiger partial charge in [0.05, 0.1) is 22.8 Å². The summed E-state index contributed by atoms with van der Waals surface area (Å²) in [7, 11) is 1.46. The quantitative estimate of drug-likeness (QED) is 0.594. The van der Waals surface area contributed by atoms with E-state index >= 15 is 0 Å². The number of halogens is 1. The number of nitrogen functional groups attached to an aromatic ring is 1. The van der Waals surface area contributed by atoms with Crippen LogP contribution >= 0.6 is 15.9 Å². The lowest BCUT2D eigenvalue weighted by molar-refractivity contribution is 0.102. The van der Waals surface area contributed by atoms with Gasteiger partial charge in [-0.3, -0.25) is 4.79 Å². The molecule has 0 radical (unpaired) electrons. The number of rotatable bonds is 3. The van der Waals surface area contributed by atoms with Crippen LogP contribution in [0.3, 0.4) is 0 Å². The fourth-order valence-corrected chi connectivity index (χ4v) is 2.07. The average Bonchev–Trinajstić information content (AvgIpc) is 2.43. The van der Waals surface area contributed by atoms with Crippen molar-refractivity contribution in [2.24, 2.45) is 0 Å². The first-order valence-electron chi connectivity index (χ1n) is 5.75. The number of methoxy groups -OCH3 is 1. The van der Waals surface area contributed by atoms with E-state index in [1.54, 1.807) is 36.4 Å². The molecule has 2 aromatic carbocycles. The van der Waals surface area contributed by atoms with E-state index in [9.17, 15) is 9.90 Å². The molecule has 6 heteroatoms. The fourth-order valence-electron chi connectivity index (χ4n) is 1.70. The van der Waals surface area contributed by atoms with E-state index in [2.05, 4.69) is 21.2 Å². The van der Waals surface area contributed by atoms with Crippen molar-refractivity contribution in [3.8, 4) is 11.5 Å². The summed E-state index contributed by atoms with van der Waals surface area (Å²) in [5.74, 6) is -0.0532. The SMILES string of the molecule is COc1cc(N)ccc1C(=O)Nc1cccc(Br)c1O. The van der Waals surface area contributed by atoms with Crippen molar-refractivity contribution >= 4 is 33.2 Å². The monoisotopic (exact) mass is 336 g/mol. The van der Waals surface area contributed by atoms with Gasteiger partial charge in [-0.25, -0.2) is 0 Å². The molecule has 0 aliphatic rings. The van der Waals surface area contributed by atoms with Crippen molar-refractivity contribution in [2.75, 3.05) is 18.2 Å². The molecule has 0 aliphatic carbocycles. The number of benzene rings is 2. The van der Waals surface area contributed by atoms with Gasteiger partial charge in [0, 0.05) is 11.8 Å². The van der Waals surface area contributed by atoms with Gasteiger partial charge in [0.2, 0.25) is 0 Å². The van der Waals surface area contributed by atoms with Crippen LogP contribution in [0, 0.1) is 0 Å². The zero-order valence-corrected chi connectivity index (χ0v) is 12.3. The van der Waals surface area contributed by atoms with Crippen LogP contribution in [-0.2, 0) is 0 Å². The summed E-state index contributed by atoms with van der Waals surface area (Å²) in [5.41, 5.74) is 6.79. The molecule has 4 N–H and O–H groups in total. The van der Waals surface area contributed by atoms with E-state index < -0.39 is 5.91 Å². The Kier molecular flexibility index (Phi) is 4.14. The number of carbonyl (C=O) groups excluding carboxylic acids is 1. The van der Waals surface area contributed by atoms with Crippen LogP contribution in [0.15, 0.2) is 40.9 Å². The molecule has 1 amide bonds. The Hall–Kier alpha value is -2.21. The Morgan fingerprint density at radius 1 is 1.35 bits per heavy atom. The smallest absolute Gasteiger partial charge is 0.259 e.